The Balaban J connectivity index is 1.37. The first-order valence-electron chi connectivity index (χ1n) is 8.63. The van der Waals surface area contributed by atoms with Crippen LogP contribution in [0.3, 0.4) is 0 Å². The van der Waals surface area contributed by atoms with Gasteiger partial charge in [0.15, 0.2) is 0 Å². The highest BCUT2D eigenvalue weighted by atomic mass is 16.1. The summed E-state index contributed by atoms with van der Waals surface area (Å²) in [5.74, 6) is 1.16. The summed E-state index contributed by atoms with van der Waals surface area (Å²) in [6.45, 7) is 3.96. The lowest BCUT2D eigenvalue weighted by atomic mass is 10.1. The van der Waals surface area contributed by atoms with E-state index in [1.807, 2.05) is 32.0 Å². The van der Waals surface area contributed by atoms with Crippen LogP contribution in [0.15, 0.2) is 36.7 Å². The number of carbonyl (C=O) groups excluding carboxylic acids is 1. The predicted molar refractivity (Wildman–Crippen MR) is 94.3 cm³/mol. The van der Waals surface area contributed by atoms with Crippen LogP contribution in [-0.2, 0) is 11.2 Å². The molecule has 25 heavy (non-hydrogen) atoms. The van der Waals surface area contributed by atoms with Crippen molar-refractivity contribution in [1.82, 2.24) is 24.9 Å². The number of carbonyl (C=O) groups is 1. The second-order valence-electron chi connectivity index (χ2n) is 6.66. The van der Waals surface area contributed by atoms with E-state index in [0.717, 1.165) is 23.4 Å². The zero-order valence-electron chi connectivity index (χ0n) is 14.4. The third-order valence-electron chi connectivity index (χ3n) is 4.96. The summed E-state index contributed by atoms with van der Waals surface area (Å²) in [4.78, 5) is 20.9. The monoisotopic (exact) mass is 335 g/mol. The van der Waals surface area contributed by atoms with Crippen molar-refractivity contribution >= 4 is 11.7 Å². The maximum Gasteiger partial charge on any atom is 0.252 e. The van der Waals surface area contributed by atoms with Gasteiger partial charge < -0.3 is 5.32 Å². The van der Waals surface area contributed by atoms with Crippen LogP contribution >= 0.6 is 0 Å². The van der Waals surface area contributed by atoms with Crippen molar-refractivity contribution in [3.63, 3.8) is 0 Å². The fourth-order valence-corrected chi connectivity index (χ4v) is 3.46. The Labute approximate surface area is 146 Å². The molecular formula is C19H21N5O. The van der Waals surface area contributed by atoms with E-state index in [2.05, 4.69) is 32.5 Å². The number of benzene rings is 1. The lowest BCUT2D eigenvalue weighted by Gasteiger charge is -2.10. The highest BCUT2D eigenvalue weighted by Crippen LogP contribution is 2.40. The molecule has 0 spiro atoms. The zero-order chi connectivity index (χ0) is 17.4. The molecule has 4 rings (SSSR count). The lowest BCUT2D eigenvalue weighted by molar-refractivity contribution is -0.121. The van der Waals surface area contributed by atoms with Gasteiger partial charge in [0, 0.05) is 29.8 Å². The van der Waals surface area contributed by atoms with Crippen molar-refractivity contribution in [3.8, 4) is 0 Å². The first-order valence-corrected chi connectivity index (χ1v) is 8.63. The highest BCUT2D eigenvalue weighted by Gasteiger charge is 2.39. The zero-order valence-corrected chi connectivity index (χ0v) is 14.4. The van der Waals surface area contributed by atoms with Crippen LogP contribution in [0.4, 0.5) is 0 Å². The minimum atomic E-state index is 0.0981. The van der Waals surface area contributed by atoms with Crippen molar-refractivity contribution in [3.05, 3.63) is 59.2 Å². The number of hydrogen-bond acceptors (Lipinski definition) is 4. The third-order valence-corrected chi connectivity index (χ3v) is 4.96. The van der Waals surface area contributed by atoms with E-state index in [1.165, 1.54) is 11.9 Å². The standard InChI is InChI=1S/C19H21N5O/c1-12-15(13(2)24-19(22-12)20-11-21-24)8-9-18(25)23-17-10-16(17)14-6-4-3-5-7-14/h3-7,11,16-17H,8-10H2,1-2H3,(H,23,25)/t16-,17+/m1/s1. The maximum atomic E-state index is 12.3. The molecule has 0 radical (unpaired) electrons. The molecule has 1 fully saturated rings. The SMILES string of the molecule is Cc1nc2ncnn2c(C)c1CCC(=O)N[C@H]1C[C@@H]1c1ccccc1. The summed E-state index contributed by atoms with van der Waals surface area (Å²) in [6, 6.07) is 10.6. The Morgan fingerprint density at radius 3 is 2.88 bits per heavy atom. The number of aromatic nitrogens is 4. The molecule has 2 heterocycles. The Kier molecular flexibility index (Phi) is 3.95. The molecule has 6 heteroatoms. The van der Waals surface area contributed by atoms with Crippen LogP contribution in [0, 0.1) is 13.8 Å². The molecule has 0 aliphatic heterocycles. The van der Waals surface area contributed by atoms with Crippen molar-refractivity contribution in [2.75, 3.05) is 0 Å². The number of rotatable bonds is 5. The predicted octanol–water partition coefficient (Wildman–Crippen LogP) is 2.35. The molecule has 1 aliphatic rings. The minimum Gasteiger partial charge on any atom is -0.353 e. The second kappa shape index (κ2) is 6.27. The molecule has 1 saturated carbocycles. The summed E-state index contributed by atoms with van der Waals surface area (Å²) in [7, 11) is 0. The number of amides is 1. The van der Waals surface area contributed by atoms with Crippen LogP contribution in [0.1, 0.15) is 41.3 Å². The minimum absolute atomic E-state index is 0.0981. The van der Waals surface area contributed by atoms with Crippen LogP contribution in [-0.4, -0.2) is 31.5 Å². The summed E-state index contributed by atoms with van der Waals surface area (Å²) in [5, 5.41) is 7.34. The Morgan fingerprint density at radius 2 is 2.08 bits per heavy atom. The number of hydrogen-bond donors (Lipinski definition) is 1. The van der Waals surface area contributed by atoms with Gasteiger partial charge in [0.2, 0.25) is 5.91 Å². The number of fused-ring (bicyclic) bond motifs is 1. The molecule has 1 amide bonds. The van der Waals surface area contributed by atoms with Gasteiger partial charge in [0.1, 0.15) is 6.33 Å². The molecular weight excluding hydrogens is 314 g/mol. The van der Waals surface area contributed by atoms with Gasteiger partial charge in [-0.2, -0.15) is 10.1 Å². The fourth-order valence-electron chi connectivity index (χ4n) is 3.46. The molecule has 0 unspecified atom stereocenters. The van der Waals surface area contributed by atoms with Gasteiger partial charge in [0.25, 0.3) is 5.78 Å². The van der Waals surface area contributed by atoms with E-state index < -0.39 is 0 Å². The van der Waals surface area contributed by atoms with Crippen LogP contribution in [0.2, 0.25) is 0 Å². The topological polar surface area (TPSA) is 72.2 Å². The van der Waals surface area contributed by atoms with Crippen LogP contribution < -0.4 is 5.32 Å². The molecule has 0 saturated heterocycles. The third kappa shape index (κ3) is 3.12. The number of nitrogens with one attached hydrogen (secondary N) is 1. The Hall–Kier alpha value is -2.76. The molecule has 6 nitrogen and oxygen atoms in total. The second-order valence-corrected chi connectivity index (χ2v) is 6.66. The van der Waals surface area contributed by atoms with Crippen LogP contribution in [0.5, 0.6) is 0 Å². The molecule has 1 N–H and O–H groups in total. The van der Waals surface area contributed by atoms with Gasteiger partial charge in [-0.15, -0.1) is 0 Å². The quantitative estimate of drug-likeness (QED) is 0.777. The summed E-state index contributed by atoms with van der Waals surface area (Å²) < 4.78 is 1.73. The maximum absolute atomic E-state index is 12.3. The number of aryl methyl sites for hydroxylation is 2. The molecule has 128 valence electrons. The molecule has 1 aliphatic carbocycles. The fraction of sp³-hybridized carbons (Fsp3) is 0.368. The van der Waals surface area contributed by atoms with Gasteiger partial charge in [-0.3, -0.25) is 4.79 Å². The smallest absolute Gasteiger partial charge is 0.252 e. The van der Waals surface area contributed by atoms with Gasteiger partial charge in [0.05, 0.1) is 0 Å². The van der Waals surface area contributed by atoms with Gasteiger partial charge in [-0.1, -0.05) is 30.3 Å². The van der Waals surface area contributed by atoms with E-state index in [9.17, 15) is 4.79 Å². The van der Waals surface area contributed by atoms with E-state index in [4.69, 9.17) is 0 Å². The first kappa shape index (κ1) is 15.7. The lowest BCUT2D eigenvalue weighted by Crippen LogP contribution is -2.27. The molecule has 1 aromatic carbocycles. The Bertz CT molecular complexity index is 918. The van der Waals surface area contributed by atoms with Gasteiger partial charge in [-0.05, 0) is 37.8 Å². The summed E-state index contributed by atoms with van der Waals surface area (Å²) in [5.41, 5.74) is 4.30. The average Bonchev–Trinajstić information content (AvgIpc) is 3.20. The Morgan fingerprint density at radius 1 is 1.28 bits per heavy atom. The summed E-state index contributed by atoms with van der Waals surface area (Å²) >= 11 is 0. The largest absolute Gasteiger partial charge is 0.353 e. The average molecular weight is 335 g/mol. The van der Waals surface area contributed by atoms with E-state index in [1.54, 1.807) is 4.52 Å². The van der Waals surface area contributed by atoms with E-state index in [-0.39, 0.29) is 11.9 Å². The molecule has 0 bridgehead atoms. The van der Waals surface area contributed by atoms with E-state index >= 15 is 0 Å². The van der Waals surface area contributed by atoms with Gasteiger partial charge in [-0.25, -0.2) is 9.50 Å². The highest BCUT2D eigenvalue weighted by molar-refractivity contribution is 5.77. The molecule has 2 aromatic heterocycles. The molecule has 3 aromatic rings. The van der Waals surface area contributed by atoms with Crippen LogP contribution in [0.25, 0.3) is 5.78 Å². The molecule has 2 atom stereocenters. The normalized spacial score (nSPS) is 19.1. The van der Waals surface area contributed by atoms with E-state index in [0.29, 0.717) is 24.5 Å². The van der Waals surface area contributed by atoms with Crippen molar-refractivity contribution in [2.24, 2.45) is 0 Å². The van der Waals surface area contributed by atoms with Crippen molar-refractivity contribution < 1.29 is 4.79 Å². The summed E-state index contributed by atoms with van der Waals surface area (Å²) in [6.07, 6.45) is 3.65. The van der Waals surface area contributed by atoms with Crippen molar-refractivity contribution in [1.29, 1.82) is 0 Å². The number of nitrogens with zero attached hydrogens (tertiary/aromatic N) is 4. The first-order chi connectivity index (χ1) is 12.1. The van der Waals surface area contributed by atoms with Gasteiger partial charge >= 0.3 is 0 Å². The van der Waals surface area contributed by atoms with Crippen molar-refractivity contribution in [2.45, 2.75) is 45.1 Å².